The average molecular weight is 146 g/mol. The monoisotopic (exact) mass is 146 g/mol. The molecule has 0 saturated carbocycles. The van der Waals surface area contributed by atoms with Crippen LogP contribution in [0.4, 0.5) is 0 Å². The van der Waals surface area contributed by atoms with Crippen molar-refractivity contribution in [3.8, 4) is 0 Å². The zero-order chi connectivity index (χ0) is 5.70. The Kier molecular flexibility index (Phi) is 22.3. The van der Waals surface area contributed by atoms with E-state index in [0.29, 0.717) is 0 Å². The van der Waals surface area contributed by atoms with E-state index in [0.717, 1.165) is 0 Å². The van der Waals surface area contributed by atoms with Gasteiger partial charge < -0.3 is 14.7 Å². The van der Waals surface area contributed by atoms with Gasteiger partial charge in [-0.1, -0.05) is 6.10 Å². The van der Waals surface area contributed by atoms with Crippen molar-refractivity contribution in [3.63, 3.8) is 0 Å². The number of carbonyl (C=O) groups excluding carboxylic acids is 2. The van der Waals surface area contributed by atoms with E-state index in [1.165, 1.54) is 12.6 Å². The molecule has 0 aliphatic rings. The summed E-state index contributed by atoms with van der Waals surface area (Å²) in [5.74, 6) is 0. The molecule has 0 bridgehead atoms. The number of rotatable bonds is 3. The van der Waals surface area contributed by atoms with Crippen molar-refractivity contribution in [2.75, 3.05) is 0 Å². The van der Waals surface area contributed by atoms with Crippen molar-refractivity contribution < 1.29 is 73.8 Å². The number of aliphatic hydroxyl groups is 1. The quantitative estimate of drug-likeness (QED) is 0.318. The Hall–Kier alpha value is 1.30. The van der Waals surface area contributed by atoms with Crippen molar-refractivity contribution in [2.45, 2.75) is 12.5 Å². The molecule has 40 valence electrons. The molecule has 0 radical (unpaired) electrons. The van der Waals surface area contributed by atoms with Crippen molar-refractivity contribution >= 4 is 12.6 Å². The zero-order valence-corrected chi connectivity index (χ0v) is 9.55. The minimum Gasteiger partial charge on any atom is -0.542 e. The van der Waals surface area contributed by atoms with Crippen molar-refractivity contribution in [1.82, 2.24) is 0 Å². The summed E-state index contributed by atoms with van der Waals surface area (Å²) in [6.07, 6.45) is 1.01. The second-order valence-corrected chi connectivity index (χ2v) is 0.982. The normalized spacial score (nSPS) is 9.89. The molecule has 0 aromatic heterocycles. The second-order valence-electron chi connectivity index (χ2n) is 0.982. The molecule has 3 nitrogen and oxygen atoms in total. The van der Waals surface area contributed by atoms with Crippen LogP contribution in [0.5, 0.6) is 0 Å². The number of hydrogen-bond donors (Lipinski definition) is 1. The standard InChI is InChI=1S/C4H4O3.2Na/c5-2-1-4(7)3-6;;/h4,7H,1H2;;/q-2;2*+1. The predicted molar refractivity (Wildman–Crippen MR) is 22.0 cm³/mol. The van der Waals surface area contributed by atoms with Crippen molar-refractivity contribution in [1.29, 1.82) is 0 Å². The molecule has 0 rings (SSSR count). The molecular weight excluding hydrogens is 142 g/mol. The molecule has 0 amide bonds. The van der Waals surface area contributed by atoms with Gasteiger partial charge in [-0.2, -0.15) is 6.42 Å². The number of aliphatic hydroxyl groups excluding tert-OH is 1. The zero-order valence-electron chi connectivity index (χ0n) is 5.55. The van der Waals surface area contributed by atoms with E-state index in [9.17, 15) is 9.59 Å². The second kappa shape index (κ2) is 12.0. The minimum atomic E-state index is -1.28. The molecule has 0 heterocycles. The first-order chi connectivity index (χ1) is 3.31. The molecule has 1 unspecified atom stereocenters. The van der Waals surface area contributed by atoms with E-state index in [-0.39, 0.29) is 65.5 Å². The molecule has 1 atom stereocenters. The first kappa shape index (κ1) is 16.7. The molecule has 0 aromatic carbocycles. The summed E-state index contributed by atoms with van der Waals surface area (Å²) in [5, 5.41) is 8.17. The summed E-state index contributed by atoms with van der Waals surface area (Å²) in [4.78, 5) is 18.7. The van der Waals surface area contributed by atoms with Crippen molar-refractivity contribution in [3.05, 3.63) is 0 Å². The van der Waals surface area contributed by atoms with E-state index in [1.54, 1.807) is 0 Å². The summed E-state index contributed by atoms with van der Waals surface area (Å²) < 4.78 is 0. The predicted octanol–water partition coefficient (Wildman–Crippen LogP) is -7.04. The van der Waals surface area contributed by atoms with Gasteiger partial charge in [-0.25, -0.2) is 6.29 Å². The summed E-state index contributed by atoms with van der Waals surface area (Å²) in [6.45, 7) is 0. The molecule has 0 saturated heterocycles. The van der Waals surface area contributed by atoms with Gasteiger partial charge in [-0.3, -0.25) is 6.29 Å². The molecule has 1 N–H and O–H groups in total. The number of hydrogen-bond acceptors (Lipinski definition) is 3. The van der Waals surface area contributed by atoms with Crippen LogP contribution in [0.2, 0.25) is 0 Å². The van der Waals surface area contributed by atoms with Gasteiger partial charge in [-0.15, -0.1) is 0 Å². The Bertz CT molecular complexity index is 76.2. The molecule has 0 fully saturated rings. The third-order valence-electron chi connectivity index (χ3n) is 0.413. The largest absolute Gasteiger partial charge is 1.00 e. The maximum atomic E-state index is 9.34. The summed E-state index contributed by atoms with van der Waals surface area (Å²) >= 11 is 0. The van der Waals surface area contributed by atoms with Gasteiger partial charge in [0.2, 0.25) is 0 Å². The minimum absolute atomic E-state index is 0. The molecule has 5 heteroatoms. The SMILES string of the molecule is O=[C-]CC(O)[C-]=O.[Na+].[Na+]. The fourth-order valence-corrected chi connectivity index (χ4v) is 0.121. The van der Waals surface area contributed by atoms with Crippen LogP contribution in [0.25, 0.3) is 0 Å². The van der Waals surface area contributed by atoms with E-state index in [1.807, 2.05) is 0 Å². The summed E-state index contributed by atoms with van der Waals surface area (Å²) in [7, 11) is 0. The molecule has 0 spiro atoms. The molecule has 0 aliphatic heterocycles. The Morgan fingerprint density at radius 3 is 1.89 bits per heavy atom. The van der Waals surface area contributed by atoms with Gasteiger partial charge >= 0.3 is 59.1 Å². The van der Waals surface area contributed by atoms with Crippen LogP contribution in [0.15, 0.2) is 0 Å². The fraction of sp³-hybridized carbons (Fsp3) is 0.500. The van der Waals surface area contributed by atoms with Crippen LogP contribution in [0.1, 0.15) is 6.42 Å². The maximum absolute atomic E-state index is 9.34. The molecule has 0 aromatic rings. The van der Waals surface area contributed by atoms with Gasteiger partial charge in [0.05, 0.1) is 0 Å². The van der Waals surface area contributed by atoms with E-state index in [4.69, 9.17) is 5.11 Å². The van der Waals surface area contributed by atoms with Crippen LogP contribution < -0.4 is 59.1 Å². The third-order valence-corrected chi connectivity index (χ3v) is 0.413. The Balaban J connectivity index is -0.000000180. The molecule has 9 heavy (non-hydrogen) atoms. The van der Waals surface area contributed by atoms with Crippen LogP contribution in [0, 0.1) is 0 Å². The van der Waals surface area contributed by atoms with Gasteiger partial charge in [0.1, 0.15) is 0 Å². The van der Waals surface area contributed by atoms with E-state index in [2.05, 4.69) is 0 Å². The van der Waals surface area contributed by atoms with Crippen LogP contribution >= 0.6 is 0 Å². The molecular formula is C4H4Na2O3. The first-order valence-corrected chi connectivity index (χ1v) is 1.72. The summed E-state index contributed by atoms with van der Waals surface area (Å²) in [6, 6.07) is 0. The topological polar surface area (TPSA) is 54.4 Å². The van der Waals surface area contributed by atoms with Gasteiger partial charge in [0.25, 0.3) is 0 Å². The first-order valence-electron chi connectivity index (χ1n) is 1.72. The van der Waals surface area contributed by atoms with Crippen LogP contribution in [0.3, 0.4) is 0 Å². The Labute approximate surface area is 97.8 Å². The fourth-order valence-electron chi connectivity index (χ4n) is 0.121. The van der Waals surface area contributed by atoms with Gasteiger partial charge in [0.15, 0.2) is 0 Å². The van der Waals surface area contributed by atoms with E-state index < -0.39 is 6.10 Å². The summed E-state index contributed by atoms with van der Waals surface area (Å²) in [5.41, 5.74) is 0. The van der Waals surface area contributed by atoms with Crippen molar-refractivity contribution in [2.24, 2.45) is 0 Å². The van der Waals surface area contributed by atoms with Crippen LogP contribution in [-0.2, 0) is 9.59 Å². The maximum Gasteiger partial charge on any atom is 1.00 e. The van der Waals surface area contributed by atoms with Gasteiger partial charge in [-0.05, 0) is 0 Å². The average Bonchev–Trinajstić information content (AvgIpc) is 1.68. The molecule has 0 aliphatic carbocycles. The van der Waals surface area contributed by atoms with E-state index >= 15 is 0 Å². The van der Waals surface area contributed by atoms with Crippen LogP contribution in [-0.4, -0.2) is 23.8 Å². The van der Waals surface area contributed by atoms with Gasteiger partial charge in [0, 0.05) is 0 Å². The smallest absolute Gasteiger partial charge is 0.542 e. The third kappa shape index (κ3) is 12.5. The Morgan fingerprint density at radius 1 is 1.33 bits per heavy atom. The Morgan fingerprint density at radius 2 is 1.78 bits per heavy atom.